The molecule has 27 heavy (non-hydrogen) atoms. The summed E-state index contributed by atoms with van der Waals surface area (Å²) in [6, 6.07) is 9.51. The number of aromatic nitrogens is 1. The maximum Gasteiger partial charge on any atom is 0.407 e. The molecular formula is C21H26N2O4. The smallest absolute Gasteiger partial charge is 0.407 e. The Bertz CT molecular complexity index is 828. The van der Waals surface area contributed by atoms with Gasteiger partial charge in [-0.3, -0.25) is 4.98 Å². The van der Waals surface area contributed by atoms with E-state index in [9.17, 15) is 20.1 Å². The molecule has 3 rings (SSSR count). The molecule has 1 aliphatic rings. The van der Waals surface area contributed by atoms with E-state index in [4.69, 9.17) is 0 Å². The topological polar surface area (TPSA) is 93.9 Å². The van der Waals surface area contributed by atoms with Gasteiger partial charge in [0.25, 0.3) is 0 Å². The first-order valence-electron chi connectivity index (χ1n) is 9.07. The summed E-state index contributed by atoms with van der Waals surface area (Å²) in [4.78, 5) is 16.7. The molecule has 2 aromatic rings. The van der Waals surface area contributed by atoms with Gasteiger partial charge in [-0.2, -0.15) is 0 Å². The van der Waals surface area contributed by atoms with Gasteiger partial charge in [-0.1, -0.05) is 45.0 Å². The molecule has 144 valence electrons. The van der Waals surface area contributed by atoms with Gasteiger partial charge >= 0.3 is 6.09 Å². The van der Waals surface area contributed by atoms with Crippen molar-refractivity contribution in [2.75, 3.05) is 13.1 Å². The van der Waals surface area contributed by atoms with Crippen molar-refractivity contribution in [2.45, 2.75) is 38.9 Å². The average molecular weight is 370 g/mol. The largest absolute Gasteiger partial charge is 0.465 e. The lowest BCUT2D eigenvalue weighted by Crippen LogP contribution is -2.66. The molecule has 1 fully saturated rings. The quantitative estimate of drug-likeness (QED) is 0.752. The van der Waals surface area contributed by atoms with Gasteiger partial charge < -0.3 is 20.2 Å². The molecule has 0 radical (unpaired) electrons. The summed E-state index contributed by atoms with van der Waals surface area (Å²) >= 11 is 0. The molecule has 1 atom stereocenters. The molecule has 1 aromatic carbocycles. The van der Waals surface area contributed by atoms with Gasteiger partial charge in [-0.15, -0.1) is 0 Å². The second kappa shape index (κ2) is 6.94. The number of pyridine rings is 1. The maximum atomic E-state index is 11.9. The van der Waals surface area contributed by atoms with Crippen LogP contribution in [0.2, 0.25) is 0 Å². The number of likely N-dealkylation sites (tertiary alicyclic amines) is 1. The van der Waals surface area contributed by atoms with Crippen molar-refractivity contribution in [3.63, 3.8) is 0 Å². The molecule has 0 unspecified atom stereocenters. The third-order valence-corrected chi connectivity index (χ3v) is 5.61. The zero-order valence-corrected chi connectivity index (χ0v) is 15.9. The molecule has 2 heterocycles. The first-order chi connectivity index (χ1) is 12.7. The van der Waals surface area contributed by atoms with Crippen LogP contribution in [0.25, 0.3) is 0 Å². The number of nitrogens with zero attached hydrogens (tertiary/aromatic N) is 2. The van der Waals surface area contributed by atoms with Gasteiger partial charge in [0.05, 0.1) is 6.61 Å². The highest BCUT2D eigenvalue weighted by Gasteiger charge is 2.57. The van der Waals surface area contributed by atoms with E-state index in [0.29, 0.717) is 22.6 Å². The number of benzene rings is 1. The Morgan fingerprint density at radius 2 is 1.85 bits per heavy atom. The first kappa shape index (κ1) is 19.3. The predicted molar refractivity (Wildman–Crippen MR) is 101 cm³/mol. The Hall–Kier alpha value is -2.44. The van der Waals surface area contributed by atoms with Gasteiger partial charge in [-0.05, 0) is 28.7 Å². The number of aliphatic hydroxyl groups is 2. The third kappa shape index (κ3) is 3.19. The van der Waals surface area contributed by atoms with Crippen LogP contribution in [-0.2, 0) is 12.2 Å². The van der Waals surface area contributed by atoms with Crippen molar-refractivity contribution >= 4 is 6.09 Å². The number of amides is 1. The standard InChI is InChI=1S/C21H26N2O4/c1-14(2)16-4-6-17(7-5-16)21(27,18-8-15(11-24)9-22-10-18)20(3)12-23(13-20)19(25)26/h4-10,14,24,27H,11-13H2,1-3H3,(H,25,26)/t21-/m0/s1. The summed E-state index contributed by atoms with van der Waals surface area (Å²) in [5, 5.41) is 30.7. The number of carbonyl (C=O) groups is 1. The molecule has 1 saturated heterocycles. The summed E-state index contributed by atoms with van der Waals surface area (Å²) < 4.78 is 0. The Kier molecular flexibility index (Phi) is 4.97. The fraction of sp³-hybridized carbons (Fsp3) is 0.429. The second-order valence-corrected chi connectivity index (χ2v) is 7.93. The number of carboxylic acid groups (broad SMARTS) is 1. The molecule has 6 nitrogen and oxygen atoms in total. The van der Waals surface area contributed by atoms with Crippen LogP contribution in [0.3, 0.4) is 0 Å². The van der Waals surface area contributed by atoms with Gasteiger partial charge in [0, 0.05) is 36.5 Å². The summed E-state index contributed by atoms with van der Waals surface area (Å²) in [6.07, 6.45) is 2.15. The molecule has 0 spiro atoms. The highest BCUT2D eigenvalue weighted by Crippen LogP contribution is 2.50. The molecule has 3 N–H and O–H groups in total. The number of hydrogen-bond donors (Lipinski definition) is 3. The van der Waals surface area contributed by atoms with Crippen molar-refractivity contribution in [1.82, 2.24) is 9.88 Å². The van der Waals surface area contributed by atoms with Crippen LogP contribution in [0.5, 0.6) is 0 Å². The lowest BCUT2D eigenvalue weighted by Gasteiger charge is -2.55. The zero-order chi connectivity index (χ0) is 19.8. The van der Waals surface area contributed by atoms with Crippen LogP contribution >= 0.6 is 0 Å². The van der Waals surface area contributed by atoms with Gasteiger partial charge in [0.15, 0.2) is 0 Å². The number of hydrogen-bond acceptors (Lipinski definition) is 4. The van der Waals surface area contributed by atoms with Gasteiger partial charge in [-0.25, -0.2) is 4.79 Å². The SMILES string of the molecule is CC(C)c1ccc([C@](O)(c2cncc(CO)c2)C2(C)CN(C(=O)O)C2)cc1. The molecule has 1 aromatic heterocycles. The minimum absolute atomic E-state index is 0.179. The fourth-order valence-corrected chi connectivity index (χ4v) is 3.90. The Balaban J connectivity index is 2.10. The van der Waals surface area contributed by atoms with Gasteiger partial charge in [0.1, 0.15) is 5.60 Å². The average Bonchev–Trinajstić information content (AvgIpc) is 2.64. The molecule has 0 aliphatic carbocycles. The lowest BCUT2D eigenvalue weighted by molar-refractivity contribution is -0.124. The number of aliphatic hydroxyl groups excluding tert-OH is 1. The Morgan fingerprint density at radius 3 is 2.37 bits per heavy atom. The summed E-state index contributed by atoms with van der Waals surface area (Å²) in [6.45, 7) is 6.35. The highest BCUT2D eigenvalue weighted by molar-refractivity contribution is 5.67. The van der Waals surface area contributed by atoms with E-state index in [0.717, 1.165) is 5.56 Å². The summed E-state index contributed by atoms with van der Waals surface area (Å²) in [7, 11) is 0. The molecular weight excluding hydrogens is 344 g/mol. The molecule has 0 saturated carbocycles. The van der Waals surface area contributed by atoms with Crippen molar-refractivity contribution in [1.29, 1.82) is 0 Å². The van der Waals surface area contributed by atoms with Crippen molar-refractivity contribution in [2.24, 2.45) is 5.41 Å². The fourth-order valence-electron chi connectivity index (χ4n) is 3.90. The summed E-state index contributed by atoms with van der Waals surface area (Å²) in [5.74, 6) is 0.369. The first-order valence-corrected chi connectivity index (χ1v) is 9.07. The lowest BCUT2D eigenvalue weighted by atomic mass is 9.62. The van der Waals surface area contributed by atoms with Crippen LogP contribution in [0.4, 0.5) is 4.79 Å². The van der Waals surface area contributed by atoms with Crippen LogP contribution in [0.1, 0.15) is 48.9 Å². The minimum Gasteiger partial charge on any atom is -0.465 e. The van der Waals surface area contributed by atoms with Crippen molar-refractivity contribution < 1.29 is 20.1 Å². The van der Waals surface area contributed by atoms with Gasteiger partial charge in [0.2, 0.25) is 0 Å². The third-order valence-electron chi connectivity index (χ3n) is 5.61. The van der Waals surface area contributed by atoms with Crippen molar-refractivity contribution in [3.05, 3.63) is 65.0 Å². The van der Waals surface area contributed by atoms with Crippen LogP contribution in [-0.4, -0.2) is 44.4 Å². The maximum absolute atomic E-state index is 11.9. The zero-order valence-electron chi connectivity index (χ0n) is 15.9. The highest BCUT2D eigenvalue weighted by atomic mass is 16.4. The Labute approximate surface area is 159 Å². The van der Waals surface area contributed by atoms with E-state index in [2.05, 4.69) is 18.8 Å². The predicted octanol–water partition coefficient (Wildman–Crippen LogP) is 2.93. The van der Waals surface area contributed by atoms with E-state index < -0.39 is 17.1 Å². The molecule has 1 amide bonds. The van der Waals surface area contributed by atoms with E-state index in [1.807, 2.05) is 31.2 Å². The molecule has 1 aliphatic heterocycles. The minimum atomic E-state index is -1.42. The molecule has 6 heteroatoms. The van der Waals surface area contributed by atoms with E-state index in [-0.39, 0.29) is 19.7 Å². The van der Waals surface area contributed by atoms with Crippen molar-refractivity contribution in [3.8, 4) is 0 Å². The van der Waals surface area contributed by atoms with E-state index >= 15 is 0 Å². The second-order valence-electron chi connectivity index (χ2n) is 7.93. The van der Waals surface area contributed by atoms with Crippen LogP contribution < -0.4 is 0 Å². The van der Waals surface area contributed by atoms with Crippen LogP contribution in [0, 0.1) is 5.41 Å². The molecule has 0 bridgehead atoms. The Morgan fingerprint density at radius 1 is 1.22 bits per heavy atom. The van der Waals surface area contributed by atoms with Crippen LogP contribution in [0.15, 0.2) is 42.7 Å². The normalized spacial score (nSPS) is 18.1. The monoisotopic (exact) mass is 370 g/mol. The van der Waals surface area contributed by atoms with E-state index in [1.165, 1.54) is 4.90 Å². The number of rotatable bonds is 5. The van der Waals surface area contributed by atoms with E-state index in [1.54, 1.807) is 18.5 Å². The summed E-state index contributed by atoms with van der Waals surface area (Å²) in [5.41, 5.74) is 0.875.